The Morgan fingerprint density at radius 2 is 1.68 bits per heavy atom. The lowest BCUT2D eigenvalue weighted by atomic mass is 10.2. The Balaban J connectivity index is 1.63. The van der Waals surface area contributed by atoms with Crippen LogP contribution in [0.25, 0.3) is 11.2 Å². The van der Waals surface area contributed by atoms with Crippen molar-refractivity contribution in [2.45, 2.75) is 23.7 Å². The maximum atomic E-state index is 4.43. The number of thioether (sulfide) groups is 1. The summed E-state index contributed by atoms with van der Waals surface area (Å²) in [5.41, 5.74) is 3.95. The summed E-state index contributed by atoms with van der Waals surface area (Å²) in [6, 6.07) is 20.6. The van der Waals surface area contributed by atoms with E-state index in [1.807, 2.05) is 28.9 Å². The first kappa shape index (κ1) is 15.8. The summed E-state index contributed by atoms with van der Waals surface area (Å²) >= 11 is 1.68. The van der Waals surface area contributed by atoms with Crippen LogP contribution >= 0.6 is 11.8 Å². The van der Waals surface area contributed by atoms with Crippen molar-refractivity contribution < 1.29 is 0 Å². The summed E-state index contributed by atoms with van der Waals surface area (Å²) in [5, 5.41) is 9.75. The van der Waals surface area contributed by atoms with Crippen LogP contribution in [-0.4, -0.2) is 25.0 Å². The zero-order valence-corrected chi connectivity index (χ0v) is 14.6. The zero-order chi connectivity index (χ0) is 17.1. The first-order valence-electron chi connectivity index (χ1n) is 8.11. The Morgan fingerprint density at radius 3 is 2.44 bits per heavy atom. The van der Waals surface area contributed by atoms with Crippen LogP contribution in [0.4, 0.5) is 0 Å². The van der Waals surface area contributed by atoms with Crippen LogP contribution in [0.15, 0.2) is 72.0 Å². The van der Waals surface area contributed by atoms with Crippen LogP contribution in [0.3, 0.4) is 0 Å². The van der Waals surface area contributed by atoms with E-state index in [4.69, 9.17) is 0 Å². The highest BCUT2D eigenvalue weighted by Crippen LogP contribution is 2.35. The van der Waals surface area contributed by atoms with E-state index >= 15 is 0 Å². The van der Waals surface area contributed by atoms with E-state index in [2.05, 4.69) is 63.6 Å². The Hall–Kier alpha value is -2.73. The molecule has 0 radical (unpaired) electrons. The highest BCUT2D eigenvalue weighted by Gasteiger charge is 2.15. The van der Waals surface area contributed by atoms with Gasteiger partial charge in [0.2, 0.25) is 0 Å². The molecular weight excluding hydrogens is 330 g/mol. The van der Waals surface area contributed by atoms with Crippen LogP contribution in [0.2, 0.25) is 0 Å². The summed E-state index contributed by atoms with van der Waals surface area (Å²) in [7, 11) is 0. The van der Waals surface area contributed by atoms with Gasteiger partial charge in [0.05, 0.1) is 6.54 Å². The molecular formula is C19H17N5S. The molecule has 124 valence electrons. The topological polar surface area (TPSA) is 56.5 Å². The van der Waals surface area contributed by atoms with Crippen molar-refractivity contribution in [3.05, 3.63) is 78.1 Å². The molecule has 0 bridgehead atoms. The average molecular weight is 347 g/mol. The van der Waals surface area contributed by atoms with Gasteiger partial charge in [0.1, 0.15) is 11.4 Å². The second kappa shape index (κ2) is 7.03. The van der Waals surface area contributed by atoms with Crippen LogP contribution in [0.5, 0.6) is 0 Å². The van der Waals surface area contributed by atoms with Crippen molar-refractivity contribution >= 4 is 22.9 Å². The van der Waals surface area contributed by atoms with Crippen LogP contribution in [0.1, 0.15) is 23.3 Å². The van der Waals surface area contributed by atoms with Crippen LogP contribution in [-0.2, 0) is 6.54 Å². The summed E-state index contributed by atoms with van der Waals surface area (Å²) in [6.07, 6.45) is 1.59. The van der Waals surface area contributed by atoms with Crippen LogP contribution < -0.4 is 0 Å². The van der Waals surface area contributed by atoms with Crippen molar-refractivity contribution in [1.82, 2.24) is 25.0 Å². The fourth-order valence-electron chi connectivity index (χ4n) is 2.68. The Kier molecular flexibility index (Phi) is 4.43. The van der Waals surface area contributed by atoms with Gasteiger partial charge < -0.3 is 0 Å². The molecule has 0 aliphatic carbocycles. The largest absolute Gasteiger partial charge is 0.227 e. The Labute approximate surface area is 150 Å². The minimum absolute atomic E-state index is 0.276. The van der Waals surface area contributed by atoms with E-state index in [-0.39, 0.29) is 5.25 Å². The summed E-state index contributed by atoms with van der Waals surface area (Å²) in [5.74, 6) is 0. The Bertz CT molecular complexity index is 969. The Morgan fingerprint density at radius 1 is 0.960 bits per heavy atom. The van der Waals surface area contributed by atoms with Crippen molar-refractivity contribution in [3.8, 4) is 0 Å². The molecule has 25 heavy (non-hydrogen) atoms. The van der Waals surface area contributed by atoms with Crippen LogP contribution in [0, 0.1) is 0 Å². The number of nitrogens with zero attached hydrogens (tertiary/aromatic N) is 5. The molecule has 2 aromatic heterocycles. The lowest BCUT2D eigenvalue weighted by Gasteiger charge is -2.10. The van der Waals surface area contributed by atoms with Gasteiger partial charge in [-0.1, -0.05) is 77.6 Å². The molecule has 2 aromatic carbocycles. The summed E-state index contributed by atoms with van der Waals surface area (Å²) < 4.78 is 1.82. The second-order valence-corrected chi connectivity index (χ2v) is 7.08. The standard InChI is InChI=1S/C19H17N5S/c1-14(16-10-6-3-7-11-16)25-19-17-18(20-13-21-19)24(23-22-17)12-15-8-4-2-5-9-15/h2-11,13-14H,12H2,1H3/t14-/m1/s1. The minimum Gasteiger partial charge on any atom is -0.227 e. The van der Waals surface area contributed by atoms with Gasteiger partial charge >= 0.3 is 0 Å². The number of hydrogen-bond acceptors (Lipinski definition) is 5. The monoisotopic (exact) mass is 347 g/mol. The van der Waals surface area contributed by atoms with Gasteiger partial charge in [-0.05, 0) is 18.1 Å². The predicted octanol–water partition coefficient (Wildman–Crippen LogP) is 4.12. The molecule has 0 saturated carbocycles. The summed E-state index contributed by atoms with van der Waals surface area (Å²) in [4.78, 5) is 8.82. The lowest BCUT2D eigenvalue weighted by molar-refractivity contribution is 0.664. The smallest absolute Gasteiger partial charge is 0.183 e. The maximum absolute atomic E-state index is 4.43. The molecule has 1 atom stereocenters. The highest BCUT2D eigenvalue weighted by molar-refractivity contribution is 7.99. The van der Waals surface area contributed by atoms with Gasteiger partial charge in [-0.3, -0.25) is 0 Å². The third kappa shape index (κ3) is 3.39. The highest BCUT2D eigenvalue weighted by atomic mass is 32.2. The van der Waals surface area contributed by atoms with Gasteiger partial charge in [0, 0.05) is 5.25 Å². The molecule has 0 spiro atoms. The number of hydrogen-bond donors (Lipinski definition) is 0. The van der Waals surface area contributed by atoms with E-state index in [0.29, 0.717) is 6.54 Å². The average Bonchev–Trinajstić information content (AvgIpc) is 3.07. The molecule has 2 heterocycles. The van der Waals surface area contributed by atoms with Crippen molar-refractivity contribution in [2.24, 2.45) is 0 Å². The van der Waals surface area contributed by atoms with Gasteiger partial charge in [-0.25, -0.2) is 14.6 Å². The van der Waals surface area contributed by atoms with Gasteiger partial charge in [-0.2, -0.15) is 0 Å². The van der Waals surface area contributed by atoms with E-state index in [0.717, 1.165) is 16.2 Å². The minimum atomic E-state index is 0.276. The summed E-state index contributed by atoms with van der Waals surface area (Å²) in [6.45, 7) is 2.81. The van der Waals surface area contributed by atoms with Gasteiger partial charge in [-0.15, -0.1) is 5.10 Å². The number of fused-ring (bicyclic) bond motifs is 1. The SMILES string of the molecule is C[C@@H](Sc1ncnc2c1nnn2Cc1ccccc1)c1ccccc1. The molecule has 0 aliphatic rings. The van der Waals surface area contributed by atoms with E-state index in [1.54, 1.807) is 18.1 Å². The number of rotatable bonds is 5. The lowest BCUT2D eigenvalue weighted by Crippen LogP contribution is -2.03. The molecule has 5 nitrogen and oxygen atoms in total. The van der Waals surface area contributed by atoms with E-state index < -0.39 is 0 Å². The van der Waals surface area contributed by atoms with Crippen molar-refractivity contribution in [3.63, 3.8) is 0 Å². The number of benzene rings is 2. The number of aromatic nitrogens is 5. The molecule has 0 aliphatic heterocycles. The van der Waals surface area contributed by atoms with E-state index in [1.165, 1.54) is 11.1 Å². The molecule has 6 heteroatoms. The molecule has 4 rings (SSSR count). The fourth-order valence-corrected chi connectivity index (χ4v) is 3.66. The van der Waals surface area contributed by atoms with E-state index in [9.17, 15) is 0 Å². The van der Waals surface area contributed by atoms with Gasteiger partial charge in [0.25, 0.3) is 0 Å². The quantitative estimate of drug-likeness (QED) is 0.401. The first-order chi connectivity index (χ1) is 12.3. The normalized spacial score (nSPS) is 12.4. The second-order valence-electron chi connectivity index (χ2n) is 5.75. The molecule has 0 N–H and O–H groups in total. The molecule has 4 aromatic rings. The third-order valence-electron chi connectivity index (χ3n) is 4.00. The zero-order valence-electron chi connectivity index (χ0n) is 13.8. The molecule has 0 unspecified atom stereocenters. The first-order valence-corrected chi connectivity index (χ1v) is 8.99. The van der Waals surface area contributed by atoms with Gasteiger partial charge in [0.15, 0.2) is 11.2 Å². The molecule has 0 fully saturated rings. The molecule has 0 saturated heterocycles. The van der Waals surface area contributed by atoms with Crippen molar-refractivity contribution in [2.75, 3.05) is 0 Å². The fraction of sp³-hybridized carbons (Fsp3) is 0.158. The predicted molar refractivity (Wildman–Crippen MR) is 99.4 cm³/mol. The van der Waals surface area contributed by atoms with Crippen molar-refractivity contribution in [1.29, 1.82) is 0 Å². The molecule has 0 amide bonds. The third-order valence-corrected chi connectivity index (χ3v) is 5.15. The maximum Gasteiger partial charge on any atom is 0.183 e.